The molecule has 1 amide bonds. The van der Waals surface area contributed by atoms with Crippen LogP contribution < -0.4 is 5.32 Å². The third kappa shape index (κ3) is 3.11. The lowest BCUT2D eigenvalue weighted by molar-refractivity contribution is -0.131. The van der Waals surface area contributed by atoms with Gasteiger partial charge in [-0.15, -0.1) is 0 Å². The second-order valence-electron chi connectivity index (χ2n) is 7.24. The first-order chi connectivity index (χ1) is 10.2. The van der Waals surface area contributed by atoms with Crippen molar-refractivity contribution in [3.63, 3.8) is 0 Å². The molecule has 0 radical (unpaired) electrons. The fourth-order valence-electron chi connectivity index (χ4n) is 4.47. The summed E-state index contributed by atoms with van der Waals surface area (Å²) in [6.45, 7) is 4.24. The lowest BCUT2D eigenvalue weighted by atomic mass is 10.00. The minimum atomic E-state index is 0.0597. The second kappa shape index (κ2) is 6.66. The number of rotatable bonds is 4. The predicted octanol–water partition coefficient (Wildman–Crippen LogP) is 2.20. The van der Waals surface area contributed by atoms with E-state index >= 15 is 0 Å². The number of likely N-dealkylation sites (N-methyl/N-ethyl adjacent to an activating group) is 1. The average Bonchev–Trinajstić information content (AvgIpc) is 3.11. The van der Waals surface area contributed by atoms with Crippen LogP contribution in [0.1, 0.15) is 58.3 Å². The van der Waals surface area contributed by atoms with Crippen LogP contribution in [0.3, 0.4) is 0 Å². The SMILES string of the molecule is CCC1NC(C2CCCC2)N(CC2CCCCN2C)C1=O. The van der Waals surface area contributed by atoms with Gasteiger partial charge in [-0.1, -0.05) is 26.2 Å². The Hall–Kier alpha value is -0.610. The van der Waals surface area contributed by atoms with Gasteiger partial charge in [0.15, 0.2) is 0 Å². The van der Waals surface area contributed by atoms with Crippen molar-refractivity contribution in [2.75, 3.05) is 20.1 Å². The summed E-state index contributed by atoms with van der Waals surface area (Å²) in [5, 5.41) is 3.64. The third-order valence-corrected chi connectivity index (χ3v) is 5.87. The summed E-state index contributed by atoms with van der Waals surface area (Å²) in [7, 11) is 2.22. The van der Waals surface area contributed by atoms with Crippen molar-refractivity contribution in [1.29, 1.82) is 0 Å². The lowest BCUT2D eigenvalue weighted by Gasteiger charge is -2.38. The molecule has 2 saturated heterocycles. The van der Waals surface area contributed by atoms with E-state index in [-0.39, 0.29) is 6.04 Å². The fraction of sp³-hybridized carbons (Fsp3) is 0.941. The van der Waals surface area contributed by atoms with Gasteiger partial charge in [0.1, 0.15) is 0 Å². The lowest BCUT2D eigenvalue weighted by Crippen LogP contribution is -2.50. The third-order valence-electron chi connectivity index (χ3n) is 5.87. The van der Waals surface area contributed by atoms with Gasteiger partial charge in [0.2, 0.25) is 5.91 Å². The molecule has 0 aromatic heterocycles. The molecule has 0 aromatic rings. The van der Waals surface area contributed by atoms with Gasteiger partial charge in [-0.25, -0.2) is 0 Å². The molecule has 3 unspecified atom stereocenters. The quantitative estimate of drug-likeness (QED) is 0.863. The smallest absolute Gasteiger partial charge is 0.241 e. The van der Waals surface area contributed by atoms with Gasteiger partial charge in [0, 0.05) is 12.6 Å². The van der Waals surface area contributed by atoms with E-state index in [0.29, 0.717) is 24.0 Å². The fourth-order valence-corrected chi connectivity index (χ4v) is 4.47. The van der Waals surface area contributed by atoms with E-state index in [1.54, 1.807) is 0 Å². The maximum atomic E-state index is 12.7. The zero-order valence-electron chi connectivity index (χ0n) is 13.7. The van der Waals surface area contributed by atoms with Gasteiger partial charge in [0.05, 0.1) is 12.2 Å². The summed E-state index contributed by atoms with van der Waals surface area (Å²) in [5.41, 5.74) is 0. The number of carbonyl (C=O) groups excluding carboxylic acids is 1. The highest BCUT2D eigenvalue weighted by Gasteiger charge is 2.43. The first kappa shape index (κ1) is 15.3. The van der Waals surface area contributed by atoms with Crippen molar-refractivity contribution in [3.8, 4) is 0 Å². The van der Waals surface area contributed by atoms with Crippen molar-refractivity contribution in [2.45, 2.75) is 76.5 Å². The number of carbonyl (C=O) groups is 1. The molecule has 0 aromatic carbocycles. The predicted molar refractivity (Wildman–Crippen MR) is 84.9 cm³/mol. The molecule has 1 aliphatic carbocycles. The van der Waals surface area contributed by atoms with Gasteiger partial charge in [-0.2, -0.15) is 0 Å². The number of piperidine rings is 1. The van der Waals surface area contributed by atoms with Crippen molar-refractivity contribution in [1.82, 2.24) is 15.1 Å². The zero-order chi connectivity index (χ0) is 14.8. The molecule has 0 spiro atoms. The van der Waals surface area contributed by atoms with Crippen LogP contribution >= 0.6 is 0 Å². The average molecular weight is 293 g/mol. The van der Waals surface area contributed by atoms with Crippen LogP contribution in [0.2, 0.25) is 0 Å². The molecule has 1 N–H and O–H groups in total. The topological polar surface area (TPSA) is 35.6 Å². The number of hydrogen-bond donors (Lipinski definition) is 1. The Morgan fingerprint density at radius 2 is 1.86 bits per heavy atom. The van der Waals surface area contributed by atoms with E-state index in [4.69, 9.17) is 0 Å². The molecule has 0 bridgehead atoms. The summed E-state index contributed by atoms with van der Waals surface area (Å²) in [4.78, 5) is 17.4. The maximum Gasteiger partial charge on any atom is 0.241 e. The molecule has 2 aliphatic heterocycles. The van der Waals surface area contributed by atoms with E-state index < -0.39 is 0 Å². The number of amides is 1. The molecular weight excluding hydrogens is 262 g/mol. The molecule has 3 atom stereocenters. The number of hydrogen-bond acceptors (Lipinski definition) is 3. The van der Waals surface area contributed by atoms with Gasteiger partial charge in [0.25, 0.3) is 0 Å². The monoisotopic (exact) mass is 293 g/mol. The standard InChI is InChI=1S/C17H31N3O/c1-3-15-17(21)20(12-14-10-6-7-11-19(14)2)16(18-15)13-8-4-5-9-13/h13-16,18H,3-12H2,1-2H3. The van der Waals surface area contributed by atoms with Crippen LogP contribution in [-0.2, 0) is 4.79 Å². The van der Waals surface area contributed by atoms with Gasteiger partial charge in [-0.05, 0) is 51.6 Å². The number of likely N-dealkylation sites (tertiary alicyclic amines) is 1. The number of nitrogens with zero attached hydrogens (tertiary/aromatic N) is 2. The van der Waals surface area contributed by atoms with Crippen molar-refractivity contribution < 1.29 is 4.79 Å². The summed E-state index contributed by atoms with van der Waals surface area (Å²) in [5.74, 6) is 1.03. The van der Waals surface area contributed by atoms with E-state index in [1.807, 2.05) is 0 Å². The molecule has 2 heterocycles. The minimum absolute atomic E-state index is 0.0597. The molecule has 120 valence electrons. The first-order valence-electron chi connectivity index (χ1n) is 8.97. The first-order valence-corrected chi connectivity index (χ1v) is 8.97. The Bertz CT molecular complexity index is 367. The molecule has 3 fully saturated rings. The van der Waals surface area contributed by atoms with E-state index in [2.05, 4.69) is 29.1 Å². The largest absolute Gasteiger partial charge is 0.324 e. The van der Waals surface area contributed by atoms with Crippen molar-refractivity contribution in [3.05, 3.63) is 0 Å². The Balaban J connectivity index is 1.70. The van der Waals surface area contributed by atoms with Crippen molar-refractivity contribution >= 4 is 5.91 Å². The molecule has 4 heteroatoms. The normalized spacial score (nSPS) is 35.8. The molecular formula is C17H31N3O. The van der Waals surface area contributed by atoms with Crippen LogP contribution in [0.25, 0.3) is 0 Å². The highest BCUT2D eigenvalue weighted by Crippen LogP contribution is 2.33. The summed E-state index contributed by atoms with van der Waals surface area (Å²) in [6, 6.07) is 0.619. The van der Waals surface area contributed by atoms with Crippen LogP contribution in [-0.4, -0.2) is 54.1 Å². The van der Waals surface area contributed by atoms with E-state index in [0.717, 1.165) is 13.0 Å². The minimum Gasteiger partial charge on any atom is -0.324 e. The van der Waals surface area contributed by atoms with Crippen LogP contribution in [0.15, 0.2) is 0 Å². The Kier molecular flexibility index (Phi) is 4.85. The van der Waals surface area contributed by atoms with Crippen LogP contribution in [0.4, 0.5) is 0 Å². The Morgan fingerprint density at radius 1 is 1.14 bits per heavy atom. The second-order valence-corrected chi connectivity index (χ2v) is 7.24. The number of nitrogens with one attached hydrogen (secondary N) is 1. The van der Waals surface area contributed by atoms with Crippen LogP contribution in [0, 0.1) is 5.92 Å². The summed E-state index contributed by atoms with van der Waals surface area (Å²) in [6.07, 6.45) is 10.3. The Labute approximate surface area is 129 Å². The summed E-state index contributed by atoms with van der Waals surface area (Å²) >= 11 is 0. The molecule has 4 nitrogen and oxygen atoms in total. The highest BCUT2D eigenvalue weighted by molar-refractivity contribution is 5.84. The zero-order valence-corrected chi connectivity index (χ0v) is 13.7. The van der Waals surface area contributed by atoms with Gasteiger partial charge in [-0.3, -0.25) is 10.1 Å². The Morgan fingerprint density at radius 3 is 2.52 bits per heavy atom. The maximum absolute atomic E-state index is 12.7. The highest BCUT2D eigenvalue weighted by atomic mass is 16.2. The van der Waals surface area contributed by atoms with Gasteiger partial charge < -0.3 is 9.80 Å². The molecule has 21 heavy (non-hydrogen) atoms. The van der Waals surface area contributed by atoms with Crippen LogP contribution in [0.5, 0.6) is 0 Å². The van der Waals surface area contributed by atoms with Crippen molar-refractivity contribution in [2.24, 2.45) is 5.92 Å². The summed E-state index contributed by atoms with van der Waals surface area (Å²) < 4.78 is 0. The van der Waals surface area contributed by atoms with Gasteiger partial charge >= 0.3 is 0 Å². The molecule has 3 rings (SSSR count). The molecule has 1 saturated carbocycles. The van der Waals surface area contributed by atoms with E-state index in [1.165, 1.54) is 51.5 Å². The van der Waals surface area contributed by atoms with E-state index in [9.17, 15) is 4.79 Å². The molecule has 3 aliphatic rings.